The number of hydrogen-bond acceptors (Lipinski definition) is 3. The number of amides is 1. The lowest BCUT2D eigenvalue weighted by Crippen LogP contribution is -2.32. The Bertz CT molecular complexity index is 875. The number of aromatic nitrogens is 1. The van der Waals surface area contributed by atoms with Crippen LogP contribution in [-0.2, 0) is 13.2 Å². The number of benzene rings is 2. The van der Waals surface area contributed by atoms with Crippen LogP contribution in [0.1, 0.15) is 34.5 Å². The first kappa shape index (κ1) is 17.3. The van der Waals surface area contributed by atoms with Gasteiger partial charge in [-0.3, -0.25) is 9.78 Å². The van der Waals surface area contributed by atoms with Gasteiger partial charge in [0, 0.05) is 17.8 Å². The van der Waals surface area contributed by atoms with Crippen LogP contribution in [0.15, 0.2) is 79.0 Å². The standard InChI is InChI=1S/C23H22N2O2/c26-23(25(21-11-12-21)16-20-8-4-5-15-24-20)19-9-13-22(14-10-19)27-17-18-6-2-1-3-7-18/h1-10,13-15,21H,11-12,16-17H2. The smallest absolute Gasteiger partial charge is 0.254 e. The zero-order chi connectivity index (χ0) is 18.5. The minimum atomic E-state index is 0.0535. The second-order valence-electron chi connectivity index (χ2n) is 6.78. The molecule has 1 saturated carbocycles. The van der Waals surface area contributed by atoms with Gasteiger partial charge in [-0.2, -0.15) is 0 Å². The molecule has 1 aromatic heterocycles. The summed E-state index contributed by atoms with van der Waals surface area (Å²) < 4.78 is 5.81. The molecule has 0 radical (unpaired) electrons. The Balaban J connectivity index is 1.41. The van der Waals surface area contributed by atoms with Crippen molar-refractivity contribution in [3.05, 3.63) is 95.8 Å². The lowest BCUT2D eigenvalue weighted by Gasteiger charge is -2.22. The molecule has 1 aliphatic rings. The minimum absolute atomic E-state index is 0.0535. The first-order chi connectivity index (χ1) is 13.3. The van der Waals surface area contributed by atoms with Gasteiger partial charge in [-0.05, 0) is 54.8 Å². The number of nitrogens with zero attached hydrogens (tertiary/aromatic N) is 2. The normalized spacial score (nSPS) is 13.2. The van der Waals surface area contributed by atoms with Crippen molar-refractivity contribution < 1.29 is 9.53 Å². The molecule has 1 amide bonds. The van der Waals surface area contributed by atoms with Gasteiger partial charge in [0.25, 0.3) is 5.91 Å². The van der Waals surface area contributed by atoms with Crippen LogP contribution in [0.4, 0.5) is 0 Å². The Morgan fingerprint density at radius 2 is 1.70 bits per heavy atom. The lowest BCUT2D eigenvalue weighted by atomic mass is 10.1. The Labute approximate surface area is 159 Å². The average molecular weight is 358 g/mol. The summed E-state index contributed by atoms with van der Waals surface area (Å²) in [5.74, 6) is 0.816. The van der Waals surface area contributed by atoms with E-state index in [1.165, 1.54) is 0 Å². The summed E-state index contributed by atoms with van der Waals surface area (Å²) in [4.78, 5) is 19.3. The second kappa shape index (κ2) is 8.04. The van der Waals surface area contributed by atoms with Gasteiger partial charge in [0.1, 0.15) is 12.4 Å². The van der Waals surface area contributed by atoms with Gasteiger partial charge in [0.2, 0.25) is 0 Å². The molecule has 1 aliphatic carbocycles. The van der Waals surface area contributed by atoms with Crippen LogP contribution in [0.2, 0.25) is 0 Å². The third kappa shape index (κ3) is 4.53. The summed E-state index contributed by atoms with van der Waals surface area (Å²) in [6.07, 6.45) is 3.90. The van der Waals surface area contributed by atoms with Crippen molar-refractivity contribution in [2.24, 2.45) is 0 Å². The molecule has 0 bridgehead atoms. The first-order valence-electron chi connectivity index (χ1n) is 9.27. The van der Waals surface area contributed by atoms with E-state index in [1.807, 2.05) is 77.7 Å². The van der Waals surface area contributed by atoms with E-state index in [0.717, 1.165) is 29.8 Å². The van der Waals surface area contributed by atoms with Crippen molar-refractivity contribution in [2.45, 2.75) is 32.0 Å². The third-order valence-electron chi connectivity index (χ3n) is 4.66. The molecule has 0 spiro atoms. The molecule has 1 fully saturated rings. The maximum Gasteiger partial charge on any atom is 0.254 e. The highest BCUT2D eigenvalue weighted by Crippen LogP contribution is 2.30. The molecular formula is C23H22N2O2. The van der Waals surface area contributed by atoms with Crippen LogP contribution < -0.4 is 4.74 Å². The van der Waals surface area contributed by atoms with Crippen molar-refractivity contribution in [1.82, 2.24) is 9.88 Å². The number of rotatable bonds is 7. The van der Waals surface area contributed by atoms with Crippen molar-refractivity contribution in [2.75, 3.05) is 0 Å². The molecule has 136 valence electrons. The van der Waals surface area contributed by atoms with E-state index < -0.39 is 0 Å². The fraction of sp³-hybridized carbons (Fsp3) is 0.217. The highest BCUT2D eigenvalue weighted by molar-refractivity contribution is 5.94. The predicted octanol–water partition coefficient (Wildman–Crippen LogP) is 4.47. The van der Waals surface area contributed by atoms with E-state index >= 15 is 0 Å². The molecule has 27 heavy (non-hydrogen) atoms. The van der Waals surface area contributed by atoms with E-state index in [2.05, 4.69) is 4.98 Å². The van der Waals surface area contributed by atoms with Crippen molar-refractivity contribution in [3.8, 4) is 5.75 Å². The monoisotopic (exact) mass is 358 g/mol. The van der Waals surface area contributed by atoms with Crippen LogP contribution >= 0.6 is 0 Å². The highest BCUT2D eigenvalue weighted by atomic mass is 16.5. The third-order valence-corrected chi connectivity index (χ3v) is 4.66. The SMILES string of the molecule is O=C(c1ccc(OCc2ccccc2)cc1)N(Cc1ccccn1)C1CC1. The van der Waals surface area contributed by atoms with E-state index in [9.17, 15) is 4.79 Å². The molecule has 0 aliphatic heterocycles. The highest BCUT2D eigenvalue weighted by Gasteiger charge is 2.33. The summed E-state index contributed by atoms with van der Waals surface area (Å²) in [5.41, 5.74) is 2.72. The maximum atomic E-state index is 13.0. The fourth-order valence-electron chi connectivity index (χ4n) is 3.02. The Kier molecular flexibility index (Phi) is 5.15. The summed E-state index contributed by atoms with van der Waals surface area (Å²) in [7, 11) is 0. The molecule has 4 nitrogen and oxygen atoms in total. The van der Waals surface area contributed by atoms with Crippen molar-refractivity contribution in [1.29, 1.82) is 0 Å². The van der Waals surface area contributed by atoms with Crippen LogP contribution in [0.5, 0.6) is 5.75 Å². The summed E-state index contributed by atoms with van der Waals surface area (Å²) in [5, 5.41) is 0. The molecule has 3 aromatic rings. The van der Waals surface area contributed by atoms with Crippen LogP contribution in [-0.4, -0.2) is 21.8 Å². The minimum Gasteiger partial charge on any atom is -0.489 e. The topological polar surface area (TPSA) is 42.4 Å². The maximum absolute atomic E-state index is 13.0. The molecule has 0 N–H and O–H groups in total. The number of carbonyl (C=O) groups excluding carboxylic acids is 1. The quantitative estimate of drug-likeness (QED) is 0.626. The molecule has 0 atom stereocenters. The van der Waals surface area contributed by atoms with Gasteiger partial charge < -0.3 is 9.64 Å². The number of pyridine rings is 1. The zero-order valence-corrected chi connectivity index (χ0v) is 15.1. The van der Waals surface area contributed by atoms with E-state index in [4.69, 9.17) is 4.74 Å². The zero-order valence-electron chi connectivity index (χ0n) is 15.1. The molecule has 0 saturated heterocycles. The first-order valence-corrected chi connectivity index (χ1v) is 9.27. The van der Waals surface area contributed by atoms with Crippen molar-refractivity contribution in [3.63, 3.8) is 0 Å². The van der Waals surface area contributed by atoms with E-state index in [1.54, 1.807) is 6.20 Å². The van der Waals surface area contributed by atoms with Crippen LogP contribution in [0.25, 0.3) is 0 Å². The number of carbonyl (C=O) groups is 1. The summed E-state index contributed by atoms with van der Waals surface area (Å²) >= 11 is 0. The molecular weight excluding hydrogens is 336 g/mol. The van der Waals surface area contributed by atoms with E-state index in [0.29, 0.717) is 24.8 Å². The average Bonchev–Trinajstić information content (AvgIpc) is 3.57. The summed E-state index contributed by atoms with van der Waals surface area (Å²) in [6.45, 7) is 1.07. The Hall–Kier alpha value is -3.14. The van der Waals surface area contributed by atoms with Crippen LogP contribution in [0, 0.1) is 0 Å². The Morgan fingerprint density at radius 3 is 2.37 bits per heavy atom. The largest absolute Gasteiger partial charge is 0.489 e. The van der Waals surface area contributed by atoms with Gasteiger partial charge >= 0.3 is 0 Å². The molecule has 4 heteroatoms. The molecule has 4 rings (SSSR count). The van der Waals surface area contributed by atoms with Gasteiger partial charge in [0.15, 0.2) is 0 Å². The Morgan fingerprint density at radius 1 is 0.963 bits per heavy atom. The van der Waals surface area contributed by atoms with Gasteiger partial charge in [0.05, 0.1) is 12.2 Å². The summed E-state index contributed by atoms with van der Waals surface area (Å²) in [6, 6.07) is 23.6. The number of ether oxygens (including phenoxy) is 1. The van der Waals surface area contributed by atoms with Gasteiger partial charge in [-0.1, -0.05) is 36.4 Å². The second-order valence-corrected chi connectivity index (χ2v) is 6.78. The molecule has 2 aromatic carbocycles. The predicted molar refractivity (Wildman–Crippen MR) is 104 cm³/mol. The van der Waals surface area contributed by atoms with Crippen molar-refractivity contribution >= 4 is 5.91 Å². The fourth-order valence-corrected chi connectivity index (χ4v) is 3.02. The lowest BCUT2D eigenvalue weighted by molar-refractivity contribution is 0.0727. The van der Waals surface area contributed by atoms with Crippen LogP contribution in [0.3, 0.4) is 0 Å². The van der Waals surface area contributed by atoms with E-state index in [-0.39, 0.29) is 5.91 Å². The van der Waals surface area contributed by atoms with Gasteiger partial charge in [-0.15, -0.1) is 0 Å². The number of hydrogen-bond donors (Lipinski definition) is 0. The van der Waals surface area contributed by atoms with Gasteiger partial charge in [-0.25, -0.2) is 0 Å². The molecule has 1 heterocycles. The molecule has 0 unspecified atom stereocenters.